The van der Waals surface area contributed by atoms with Gasteiger partial charge in [0.25, 0.3) is 0 Å². The molecule has 0 aromatic carbocycles. The highest BCUT2D eigenvalue weighted by molar-refractivity contribution is 7.99. The number of hydrogen-bond donors (Lipinski definition) is 1. The van der Waals surface area contributed by atoms with E-state index >= 15 is 0 Å². The average molecular weight is 264 g/mol. The maximum atomic E-state index is 4.47. The van der Waals surface area contributed by atoms with E-state index in [2.05, 4.69) is 32.7 Å². The molecule has 2 aromatic heterocycles. The van der Waals surface area contributed by atoms with Crippen molar-refractivity contribution in [1.29, 1.82) is 0 Å². The summed E-state index contributed by atoms with van der Waals surface area (Å²) in [5, 5.41) is 15.3. The lowest BCUT2D eigenvalue weighted by atomic mass is 10.1. The van der Waals surface area contributed by atoms with Crippen molar-refractivity contribution in [2.45, 2.75) is 29.4 Å². The third-order valence-electron chi connectivity index (χ3n) is 2.66. The number of rotatable bonds is 5. The van der Waals surface area contributed by atoms with Crippen molar-refractivity contribution in [3.8, 4) is 0 Å². The van der Waals surface area contributed by atoms with Gasteiger partial charge in [-0.05, 0) is 47.8 Å². The molecule has 0 saturated carbocycles. The number of aryl methyl sites for hydroxylation is 1. The summed E-state index contributed by atoms with van der Waals surface area (Å²) in [7, 11) is 3.77. The molecule has 96 valence electrons. The molecular formula is C11H16N6S. The normalized spacial score (nSPS) is 12.6. The number of nitrogens with one attached hydrogen (secondary N) is 1. The highest BCUT2D eigenvalue weighted by Crippen LogP contribution is 2.25. The first kappa shape index (κ1) is 13.0. The quantitative estimate of drug-likeness (QED) is 0.881. The third kappa shape index (κ3) is 2.85. The SMILES string of the molecule is CCC(NC)c1ccc(Sc2nnnn2C)cn1. The Hall–Kier alpha value is -1.47. The van der Waals surface area contributed by atoms with Gasteiger partial charge in [0.05, 0.1) is 5.69 Å². The summed E-state index contributed by atoms with van der Waals surface area (Å²) in [6.07, 6.45) is 2.87. The first-order chi connectivity index (χ1) is 8.74. The highest BCUT2D eigenvalue weighted by atomic mass is 32.2. The number of hydrogen-bond acceptors (Lipinski definition) is 6. The molecule has 2 rings (SSSR count). The van der Waals surface area contributed by atoms with Crippen LogP contribution in [0.4, 0.5) is 0 Å². The summed E-state index contributed by atoms with van der Waals surface area (Å²) >= 11 is 1.50. The second kappa shape index (κ2) is 5.92. The number of nitrogens with zero attached hydrogens (tertiary/aromatic N) is 5. The fourth-order valence-electron chi connectivity index (χ4n) is 1.63. The largest absolute Gasteiger partial charge is 0.312 e. The lowest BCUT2D eigenvalue weighted by Crippen LogP contribution is -2.16. The van der Waals surface area contributed by atoms with Gasteiger partial charge < -0.3 is 5.32 Å². The van der Waals surface area contributed by atoms with Crippen LogP contribution in [0.2, 0.25) is 0 Å². The van der Waals surface area contributed by atoms with Crippen LogP contribution >= 0.6 is 11.8 Å². The first-order valence-electron chi connectivity index (χ1n) is 5.78. The molecule has 0 aliphatic rings. The van der Waals surface area contributed by atoms with Crippen LogP contribution in [0.15, 0.2) is 28.4 Å². The Kier molecular flexibility index (Phi) is 4.27. The second-order valence-electron chi connectivity index (χ2n) is 3.86. The van der Waals surface area contributed by atoms with Gasteiger partial charge in [-0.15, -0.1) is 5.10 Å². The minimum Gasteiger partial charge on any atom is -0.312 e. The van der Waals surface area contributed by atoms with Gasteiger partial charge in [-0.1, -0.05) is 6.92 Å². The van der Waals surface area contributed by atoms with Gasteiger partial charge in [0, 0.05) is 24.2 Å². The van der Waals surface area contributed by atoms with E-state index in [1.54, 1.807) is 4.68 Å². The van der Waals surface area contributed by atoms with Crippen molar-refractivity contribution in [3.63, 3.8) is 0 Å². The zero-order valence-corrected chi connectivity index (χ0v) is 11.5. The van der Waals surface area contributed by atoms with E-state index in [1.165, 1.54) is 11.8 Å². The van der Waals surface area contributed by atoms with E-state index in [0.717, 1.165) is 22.2 Å². The van der Waals surface area contributed by atoms with Crippen LogP contribution in [0.1, 0.15) is 25.1 Å². The summed E-state index contributed by atoms with van der Waals surface area (Å²) in [5.74, 6) is 0. The molecule has 1 atom stereocenters. The van der Waals surface area contributed by atoms with Crippen molar-refractivity contribution < 1.29 is 0 Å². The minimum atomic E-state index is 0.306. The van der Waals surface area contributed by atoms with Crippen LogP contribution in [0.3, 0.4) is 0 Å². The Morgan fingerprint density at radius 3 is 2.78 bits per heavy atom. The first-order valence-corrected chi connectivity index (χ1v) is 6.59. The molecule has 0 amide bonds. The zero-order chi connectivity index (χ0) is 13.0. The lowest BCUT2D eigenvalue weighted by Gasteiger charge is -2.12. The Balaban J connectivity index is 2.10. The molecule has 0 radical (unpaired) electrons. The predicted octanol–water partition coefficient (Wildman–Crippen LogP) is 1.43. The van der Waals surface area contributed by atoms with Gasteiger partial charge >= 0.3 is 0 Å². The molecule has 18 heavy (non-hydrogen) atoms. The van der Waals surface area contributed by atoms with Crippen molar-refractivity contribution in [2.75, 3.05) is 7.05 Å². The van der Waals surface area contributed by atoms with E-state index < -0.39 is 0 Å². The summed E-state index contributed by atoms with van der Waals surface area (Å²) < 4.78 is 1.64. The monoisotopic (exact) mass is 264 g/mol. The molecular weight excluding hydrogens is 248 g/mol. The van der Waals surface area contributed by atoms with Gasteiger partial charge in [0.1, 0.15) is 0 Å². The van der Waals surface area contributed by atoms with Crippen molar-refractivity contribution >= 4 is 11.8 Å². The molecule has 0 aliphatic carbocycles. The van der Waals surface area contributed by atoms with Crippen LogP contribution < -0.4 is 5.32 Å². The Bertz CT molecular complexity index is 490. The van der Waals surface area contributed by atoms with Crippen molar-refractivity contribution in [2.24, 2.45) is 7.05 Å². The molecule has 0 spiro atoms. The van der Waals surface area contributed by atoms with Gasteiger partial charge in [-0.3, -0.25) is 4.98 Å². The fourth-order valence-corrected chi connectivity index (χ4v) is 2.33. The summed E-state index contributed by atoms with van der Waals surface area (Å²) in [5.41, 5.74) is 1.06. The van der Waals surface area contributed by atoms with Gasteiger partial charge in [-0.25, -0.2) is 4.68 Å². The molecule has 2 aromatic rings. The van der Waals surface area contributed by atoms with E-state index in [9.17, 15) is 0 Å². The predicted molar refractivity (Wildman–Crippen MR) is 69.2 cm³/mol. The molecule has 1 unspecified atom stereocenters. The van der Waals surface area contributed by atoms with E-state index in [-0.39, 0.29) is 0 Å². The maximum Gasteiger partial charge on any atom is 0.213 e. The molecule has 6 nitrogen and oxygen atoms in total. The van der Waals surface area contributed by atoms with Gasteiger partial charge in [-0.2, -0.15) is 0 Å². The molecule has 0 saturated heterocycles. The Morgan fingerprint density at radius 2 is 2.28 bits per heavy atom. The Morgan fingerprint density at radius 1 is 1.44 bits per heavy atom. The molecule has 7 heteroatoms. The maximum absolute atomic E-state index is 4.47. The van der Waals surface area contributed by atoms with Crippen LogP contribution in [0.5, 0.6) is 0 Å². The summed E-state index contributed by atoms with van der Waals surface area (Å²) in [6, 6.07) is 4.39. The topological polar surface area (TPSA) is 68.5 Å². The van der Waals surface area contributed by atoms with E-state index in [0.29, 0.717) is 6.04 Å². The van der Waals surface area contributed by atoms with Crippen molar-refractivity contribution in [1.82, 2.24) is 30.5 Å². The number of pyridine rings is 1. The molecule has 1 N–H and O–H groups in total. The lowest BCUT2D eigenvalue weighted by molar-refractivity contribution is 0.561. The minimum absolute atomic E-state index is 0.306. The standard InChI is InChI=1S/C11H16N6S/c1-4-9(12-2)10-6-5-8(7-13-10)18-11-14-15-16-17(11)3/h5-7,9,12H,4H2,1-3H3. The number of tetrazole rings is 1. The summed E-state index contributed by atoms with van der Waals surface area (Å²) in [4.78, 5) is 5.50. The van der Waals surface area contributed by atoms with E-state index in [1.807, 2.05) is 32.4 Å². The zero-order valence-electron chi connectivity index (χ0n) is 10.7. The Labute approximate surface area is 110 Å². The molecule has 0 bridgehead atoms. The van der Waals surface area contributed by atoms with Crippen LogP contribution in [0.25, 0.3) is 0 Å². The van der Waals surface area contributed by atoms with Crippen LogP contribution in [-0.4, -0.2) is 32.2 Å². The van der Waals surface area contributed by atoms with Gasteiger partial charge in [0.2, 0.25) is 5.16 Å². The van der Waals surface area contributed by atoms with Crippen molar-refractivity contribution in [3.05, 3.63) is 24.0 Å². The van der Waals surface area contributed by atoms with Crippen LogP contribution in [0, 0.1) is 0 Å². The molecule has 0 aliphatic heterocycles. The van der Waals surface area contributed by atoms with Gasteiger partial charge in [0.15, 0.2) is 0 Å². The highest BCUT2D eigenvalue weighted by Gasteiger charge is 2.09. The fraction of sp³-hybridized carbons (Fsp3) is 0.455. The third-order valence-corrected chi connectivity index (χ3v) is 3.67. The van der Waals surface area contributed by atoms with E-state index in [4.69, 9.17) is 0 Å². The number of aromatic nitrogens is 5. The molecule has 2 heterocycles. The summed E-state index contributed by atoms with van der Waals surface area (Å²) in [6.45, 7) is 2.14. The van der Waals surface area contributed by atoms with Crippen LogP contribution in [-0.2, 0) is 7.05 Å². The molecule has 0 fully saturated rings. The smallest absolute Gasteiger partial charge is 0.213 e. The average Bonchev–Trinajstić information content (AvgIpc) is 2.79. The second-order valence-corrected chi connectivity index (χ2v) is 4.90.